The summed E-state index contributed by atoms with van der Waals surface area (Å²) < 4.78 is 36.4. The van der Waals surface area contributed by atoms with Crippen LogP contribution in [0.3, 0.4) is 0 Å². The minimum atomic E-state index is -4.63. The van der Waals surface area contributed by atoms with Crippen LogP contribution in [0.5, 0.6) is 0 Å². The Bertz CT molecular complexity index is 301. The second-order valence-electron chi connectivity index (χ2n) is 2.71. The van der Waals surface area contributed by atoms with Crippen molar-refractivity contribution in [2.24, 2.45) is 5.92 Å². The van der Waals surface area contributed by atoms with Crippen molar-refractivity contribution in [3.63, 3.8) is 0 Å². The second kappa shape index (κ2) is 5.85. The Kier molecular flexibility index (Phi) is 5.15. The minimum absolute atomic E-state index is 0.304. The molecule has 80 valence electrons. The molecule has 0 aromatic heterocycles. The lowest BCUT2D eigenvalue weighted by Crippen LogP contribution is -2.36. The molecule has 0 amide bonds. The summed E-state index contributed by atoms with van der Waals surface area (Å²) >= 11 is 0. The van der Waals surface area contributed by atoms with Crippen molar-refractivity contribution in [3.8, 4) is 18.2 Å². The molecule has 0 N–H and O–H groups in total. The summed E-state index contributed by atoms with van der Waals surface area (Å²) in [7, 11) is 0. The minimum Gasteiger partial charge on any atom is -0.276 e. The average Bonchev–Trinajstić information content (AvgIpc) is 2.12. The highest BCUT2D eigenvalue weighted by Crippen LogP contribution is 2.26. The van der Waals surface area contributed by atoms with Crippen LogP contribution in [0.1, 0.15) is 0 Å². The Morgan fingerprint density at radius 2 is 1.53 bits per heavy atom. The number of nitriles is 3. The number of hydrogen-bond acceptors (Lipinski definition) is 4. The molecule has 0 saturated heterocycles. The van der Waals surface area contributed by atoms with Gasteiger partial charge in [0, 0.05) is 6.54 Å². The van der Waals surface area contributed by atoms with Crippen LogP contribution >= 0.6 is 0 Å². The molecular weight excluding hydrogens is 209 g/mol. The number of rotatable bonds is 4. The third-order valence-corrected chi connectivity index (χ3v) is 1.58. The maximum atomic E-state index is 12.1. The van der Waals surface area contributed by atoms with E-state index in [0.717, 1.165) is 11.0 Å². The lowest BCUT2D eigenvalue weighted by atomic mass is 10.1. The predicted octanol–water partition coefficient (Wildman–Crippen LogP) is 1.04. The standard InChI is InChI=1S/C8H7F3N4/c9-8(10,11)7(5-14)6-15(3-1-12)4-2-13/h7H,3-4,6H2. The van der Waals surface area contributed by atoms with Gasteiger partial charge in [-0.1, -0.05) is 0 Å². The van der Waals surface area contributed by atoms with Crippen LogP contribution in [0.4, 0.5) is 13.2 Å². The quantitative estimate of drug-likeness (QED) is 0.658. The smallest absolute Gasteiger partial charge is 0.276 e. The first-order valence-electron chi connectivity index (χ1n) is 3.88. The van der Waals surface area contributed by atoms with E-state index in [9.17, 15) is 13.2 Å². The lowest BCUT2D eigenvalue weighted by Gasteiger charge is -2.20. The molecule has 7 heteroatoms. The van der Waals surface area contributed by atoms with E-state index in [-0.39, 0.29) is 13.1 Å². The molecule has 0 aromatic rings. The fourth-order valence-corrected chi connectivity index (χ4v) is 0.861. The van der Waals surface area contributed by atoms with Crippen molar-refractivity contribution in [1.29, 1.82) is 15.8 Å². The lowest BCUT2D eigenvalue weighted by molar-refractivity contribution is -0.162. The van der Waals surface area contributed by atoms with Gasteiger partial charge in [0.15, 0.2) is 5.92 Å². The van der Waals surface area contributed by atoms with E-state index in [1.54, 1.807) is 12.1 Å². The topological polar surface area (TPSA) is 74.6 Å². The van der Waals surface area contributed by atoms with Crippen LogP contribution in [0.25, 0.3) is 0 Å². The van der Waals surface area contributed by atoms with E-state index in [4.69, 9.17) is 15.8 Å². The summed E-state index contributed by atoms with van der Waals surface area (Å²) in [5.74, 6) is -2.17. The van der Waals surface area contributed by atoms with Gasteiger partial charge in [0.2, 0.25) is 0 Å². The number of alkyl halides is 3. The fourth-order valence-electron chi connectivity index (χ4n) is 0.861. The van der Waals surface area contributed by atoms with Crippen molar-refractivity contribution in [1.82, 2.24) is 4.90 Å². The van der Waals surface area contributed by atoms with Crippen molar-refractivity contribution in [2.45, 2.75) is 6.18 Å². The first-order valence-corrected chi connectivity index (χ1v) is 3.88. The van der Waals surface area contributed by atoms with Gasteiger partial charge in [-0.15, -0.1) is 0 Å². The van der Waals surface area contributed by atoms with Gasteiger partial charge < -0.3 is 0 Å². The van der Waals surface area contributed by atoms with Gasteiger partial charge in [-0.2, -0.15) is 29.0 Å². The molecule has 0 bridgehead atoms. The van der Waals surface area contributed by atoms with Crippen LogP contribution in [0.2, 0.25) is 0 Å². The summed E-state index contributed by atoms with van der Waals surface area (Å²) in [4.78, 5) is 0.974. The van der Waals surface area contributed by atoms with Crippen LogP contribution in [-0.4, -0.2) is 30.7 Å². The van der Waals surface area contributed by atoms with Gasteiger partial charge in [-0.05, 0) is 0 Å². The van der Waals surface area contributed by atoms with Gasteiger partial charge in [-0.25, -0.2) is 0 Å². The predicted molar refractivity (Wildman–Crippen MR) is 42.8 cm³/mol. The van der Waals surface area contributed by atoms with E-state index in [1.165, 1.54) is 0 Å². The molecule has 0 aliphatic carbocycles. The van der Waals surface area contributed by atoms with Crippen LogP contribution in [0.15, 0.2) is 0 Å². The molecule has 0 aliphatic rings. The monoisotopic (exact) mass is 216 g/mol. The Hall–Kier alpha value is -1.78. The molecule has 0 fully saturated rings. The fraction of sp³-hybridized carbons (Fsp3) is 0.625. The van der Waals surface area contributed by atoms with Crippen molar-refractivity contribution < 1.29 is 13.2 Å². The highest BCUT2D eigenvalue weighted by molar-refractivity contribution is 4.94. The Labute approximate surface area is 84.7 Å². The van der Waals surface area contributed by atoms with Gasteiger partial charge in [0.05, 0.1) is 31.3 Å². The molecule has 0 saturated carbocycles. The molecule has 4 nitrogen and oxygen atoms in total. The molecule has 0 aromatic carbocycles. The summed E-state index contributed by atoms with van der Waals surface area (Å²) in [6, 6.07) is 4.37. The van der Waals surface area contributed by atoms with Crippen molar-refractivity contribution in [2.75, 3.05) is 19.6 Å². The summed E-state index contributed by atoms with van der Waals surface area (Å²) in [6.45, 7) is -1.26. The Balaban J connectivity index is 4.46. The largest absolute Gasteiger partial charge is 0.405 e. The molecule has 0 radical (unpaired) electrons. The second-order valence-corrected chi connectivity index (χ2v) is 2.71. The number of hydrogen-bond donors (Lipinski definition) is 0. The number of nitrogens with zero attached hydrogens (tertiary/aromatic N) is 4. The van der Waals surface area contributed by atoms with E-state index in [1.807, 2.05) is 0 Å². The summed E-state index contributed by atoms with van der Waals surface area (Å²) in [6.07, 6.45) is -4.63. The van der Waals surface area contributed by atoms with Crippen LogP contribution < -0.4 is 0 Å². The van der Waals surface area contributed by atoms with Gasteiger partial charge in [0.1, 0.15) is 0 Å². The SMILES string of the molecule is N#CCN(CC#N)CC(C#N)C(F)(F)F. The Morgan fingerprint density at radius 1 is 1.07 bits per heavy atom. The molecule has 1 atom stereocenters. The van der Waals surface area contributed by atoms with Crippen LogP contribution in [-0.2, 0) is 0 Å². The maximum absolute atomic E-state index is 12.1. The molecule has 1 unspecified atom stereocenters. The first kappa shape index (κ1) is 13.2. The van der Waals surface area contributed by atoms with Crippen LogP contribution in [0, 0.1) is 39.9 Å². The zero-order valence-corrected chi connectivity index (χ0v) is 7.62. The molecule has 0 aliphatic heterocycles. The molecular formula is C8H7F3N4. The van der Waals surface area contributed by atoms with E-state index < -0.39 is 18.6 Å². The molecule has 0 heterocycles. The Morgan fingerprint density at radius 3 is 1.80 bits per heavy atom. The third-order valence-electron chi connectivity index (χ3n) is 1.58. The van der Waals surface area contributed by atoms with Crippen molar-refractivity contribution in [3.05, 3.63) is 0 Å². The highest BCUT2D eigenvalue weighted by atomic mass is 19.4. The highest BCUT2D eigenvalue weighted by Gasteiger charge is 2.40. The first-order chi connectivity index (χ1) is 6.95. The maximum Gasteiger partial charge on any atom is 0.405 e. The number of halogens is 3. The zero-order chi connectivity index (χ0) is 11.9. The van der Waals surface area contributed by atoms with Gasteiger partial charge >= 0.3 is 6.18 Å². The molecule has 0 rings (SSSR count). The molecule has 15 heavy (non-hydrogen) atoms. The third kappa shape index (κ3) is 4.85. The summed E-state index contributed by atoms with van der Waals surface area (Å²) in [5, 5.41) is 24.9. The average molecular weight is 216 g/mol. The van der Waals surface area contributed by atoms with E-state index in [0.29, 0.717) is 0 Å². The van der Waals surface area contributed by atoms with Gasteiger partial charge in [0.25, 0.3) is 0 Å². The van der Waals surface area contributed by atoms with E-state index in [2.05, 4.69) is 0 Å². The zero-order valence-electron chi connectivity index (χ0n) is 7.62. The summed E-state index contributed by atoms with van der Waals surface area (Å²) in [5.41, 5.74) is 0. The van der Waals surface area contributed by atoms with E-state index >= 15 is 0 Å². The van der Waals surface area contributed by atoms with Crippen molar-refractivity contribution >= 4 is 0 Å². The normalized spacial score (nSPS) is 12.6. The van der Waals surface area contributed by atoms with Gasteiger partial charge in [-0.3, -0.25) is 4.90 Å². The molecule has 0 spiro atoms.